The van der Waals surface area contributed by atoms with Gasteiger partial charge >= 0.3 is 0 Å². The number of hydrogen-bond acceptors (Lipinski definition) is 2. The summed E-state index contributed by atoms with van der Waals surface area (Å²) in [5, 5.41) is 0. The molecule has 2 heterocycles. The maximum absolute atomic E-state index is 2.70. The van der Waals surface area contributed by atoms with Gasteiger partial charge in [0, 0.05) is 44.8 Å². The van der Waals surface area contributed by atoms with E-state index in [2.05, 4.69) is 276 Å². The zero-order valence-electron chi connectivity index (χ0n) is 45.2. The first-order valence-electron chi connectivity index (χ1n) is 26.7. The third kappa shape index (κ3) is 7.76. The summed E-state index contributed by atoms with van der Waals surface area (Å²) >= 11 is 0. The summed E-state index contributed by atoms with van der Waals surface area (Å²) in [7, 11) is 0. The van der Waals surface area contributed by atoms with Gasteiger partial charge in [-0.05, 0) is 150 Å². The van der Waals surface area contributed by atoms with Crippen LogP contribution in [-0.2, 0) is 27.1 Å². The monoisotopic (exact) mass is 941 g/mol. The van der Waals surface area contributed by atoms with Crippen molar-refractivity contribution in [2.75, 3.05) is 9.80 Å². The molecule has 0 N–H and O–H groups in total. The zero-order chi connectivity index (χ0) is 50.7. The van der Waals surface area contributed by atoms with Gasteiger partial charge in [-0.1, -0.05) is 217 Å². The Morgan fingerprint density at radius 3 is 1.53 bits per heavy atom. The second-order valence-electron chi connectivity index (χ2n) is 25.1. The van der Waals surface area contributed by atoms with Crippen LogP contribution in [0.25, 0.3) is 11.1 Å². The molecule has 72 heavy (non-hydrogen) atoms. The van der Waals surface area contributed by atoms with Crippen LogP contribution < -0.4 is 26.2 Å². The zero-order valence-corrected chi connectivity index (χ0v) is 45.2. The summed E-state index contributed by atoms with van der Waals surface area (Å²) in [5.41, 5.74) is 24.5. The Kier molecular flexibility index (Phi) is 11.3. The molecule has 2 nitrogen and oxygen atoms in total. The highest BCUT2D eigenvalue weighted by Crippen LogP contribution is 2.53. The van der Waals surface area contributed by atoms with Crippen LogP contribution in [0.2, 0.25) is 0 Å². The van der Waals surface area contributed by atoms with E-state index in [0.717, 1.165) is 12.8 Å². The Balaban J connectivity index is 1.27. The van der Waals surface area contributed by atoms with Crippen molar-refractivity contribution in [2.24, 2.45) is 0 Å². The van der Waals surface area contributed by atoms with Gasteiger partial charge in [-0.15, -0.1) is 0 Å². The number of nitrogens with zero attached hydrogens (tertiary/aromatic N) is 2. The quantitative estimate of drug-likeness (QED) is 0.140. The molecule has 0 aromatic heterocycles. The van der Waals surface area contributed by atoms with Crippen molar-refractivity contribution in [3.63, 3.8) is 0 Å². The molecule has 0 atom stereocenters. The first-order chi connectivity index (χ1) is 34.2. The largest absolute Gasteiger partial charge is 0.311 e. The molecule has 11 rings (SSSR count). The molecular formula is C69H73BN2. The van der Waals surface area contributed by atoms with E-state index >= 15 is 0 Å². The number of fused-ring (bicyclic) bond motifs is 5. The minimum Gasteiger partial charge on any atom is -0.311 e. The van der Waals surface area contributed by atoms with Gasteiger partial charge in [-0.2, -0.15) is 0 Å². The number of benzene rings is 8. The van der Waals surface area contributed by atoms with E-state index in [4.69, 9.17) is 0 Å². The Labute approximate surface area is 432 Å². The van der Waals surface area contributed by atoms with E-state index in [-0.39, 0.29) is 39.7 Å². The van der Waals surface area contributed by atoms with Crippen LogP contribution in [0.4, 0.5) is 34.1 Å². The lowest BCUT2D eigenvalue weighted by molar-refractivity contribution is 0.332. The standard InChI is InChI=1S/C69H73BN2/c1-45(2)47-38-62-64-63(39-47)72(59-35-33-50(65(3,4)5)41-54(59)46-24-17-14-18-25-46)61-44-56-55(66(6,7)36-37-67(56,8)9)43-58(61)70(64)57-34-32-52(69(12,13)49-28-21-16-22-29-49)42-60(57)71(62)53-31-23-30-51(40-53)68(10,11)48-26-19-15-20-27-48/h14-35,38-45H,36-37H2,1-13H3. The molecule has 8 aromatic rings. The molecule has 8 aromatic carbocycles. The molecule has 0 saturated heterocycles. The molecule has 1 aliphatic carbocycles. The van der Waals surface area contributed by atoms with E-state index in [1.807, 2.05) is 0 Å². The molecule has 0 unspecified atom stereocenters. The molecule has 3 heteroatoms. The molecule has 0 amide bonds. The Morgan fingerprint density at radius 2 is 0.944 bits per heavy atom. The average molecular weight is 941 g/mol. The maximum Gasteiger partial charge on any atom is 0.252 e. The lowest BCUT2D eigenvalue weighted by atomic mass is 9.33. The van der Waals surface area contributed by atoms with Crippen molar-refractivity contribution < 1.29 is 0 Å². The van der Waals surface area contributed by atoms with Crippen LogP contribution in [0.15, 0.2) is 176 Å². The summed E-state index contributed by atoms with van der Waals surface area (Å²) in [6, 6.07) is 68.0. The predicted molar refractivity (Wildman–Crippen MR) is 311 cm³/mol. The summed E-state index contributed by atoms with van der Waals surface area (Å²) < 4.78 is 0. The van der Waals surface area contributed by atoms with Crippen molar-refractivity contribution >= 4 is 57.2 Å². The topological polar surface area (TPSA) is 6.48 Å². The molecule has 2 aliphatic heterocycles. The second kappa shape index (κ2) is 17.0. The number of hydrogen-bond donors (Lipinski definition) is 0. The highest BCUT2D eigenvalue weighted by atomic mass is 15.2. The van der Waals surface area contributed by atoms with Crippen molar-refractivity contribution in [1.82, 2.24) is 0 Å². The van der Waals surface area contributed by atoms with Crippen LogP contribution >= 0.6 is 0 Å². The van der Waals surface area contributed by atoms with Gasteiger partial charge < -0.3 is 9.80 Å². The van der Waals surface area contributed by atoms with E-state index < -0.39 is 0 Å². The summed E-state index contributed by atoms with van der Waals surface area (Å²) in [6.45, 7) is 31.2. The molecule has 0 bridgehead atoms. The van der Waals surface area contributed by atoms with Gasteiger partial charge in [0.05, 0.1) is 5.69 Å². The summed E-state index contributed by atoms with van der Waals surface area (Å²) in [4.78, 5) is 5.36. The van der Waals surface area contributed by atoms with Crippen LogP contribution in [0.5, 0.6) is 0 Å². The molecule has 0 saturated carbocycles. The van der Waals surface area contributed by atoms with Crippen LogP contribution in [0.3, 0.4) is 0 Å². The van der Waals surface area contributed by atoms with Crippen molar-refractivity contribution in [3.8, 4) is 11.1 Å². The van der Waals surface area contributed by atoms with Crippen molar-refractivity contribution in [2.45, 2.75) is 136 Å². The summed E-state index contributed by atoms with van der Waals surface area (Å²) in [5.74, 6) is 0.281. The highest BCUT2D eigenvalue weighted by Gasteiger charge is 2.47. The average Bonchev–Trinajstić information content (AvgIpc) is 3.37. The van der Waals surface area contributed by atoms with Gasteiger partial charge in [-0.25, -0.2) is 0 Å². The smallest absolute Gasteiger partial charge is 0.252 e. The first kappa shape index (κ1) is 47.7. The first-order valence-corrected chi connectivity index (χ1v) is 26.7. The maximum atomic E-state index is 2.70. The van der Waals surface area contributed by atoms with Gasteiger partial charge in [0.2, 0.25) is 0 Å². The van der Waals surface area contributed by atoms with Gasteiger partial charge in [0.25, 0.3) is 6.71 Å². The lowest BCUT2D eigenvalue weighted by Crippen LogP contribution is -2.62. The molecule has 0 spiro atoms. The highest BCUT2D eigenvalue weighted by molar-refractivity contribution is 7.00. The molecular weight excluding hydrogens is 868 g/mol. The van der Waals surface area contributed by atoms with E-state index in [9.17, 15) is 0 Å². The van der Waals surface area contributed by atoms with Crippen molar-refractivity contribution in [3.05, 3.63) is 220 Å². The normalized spacial score (nSPS) is 15.7. The number of rotatable bonds is 8. The predicted octanol–water partition coefficient (Wildman–Crippen LogP) is 16.9. The fourth-order valence-electron chi connectivity index (χ4n) is 12.5. The third-order valence-electron chi connectivity index (χ3n) is 17.5. The summed E-state index contributed by atoms with van der Waals surface area (Å²) in [6.07, 6.45) is 2.31. The minimum atomic E-state index is -0.243. The Bertz CT molecular complexity index is 3370. The third-order valence-corrected chi connectivity index (χ3v) is 17.5. The molecule has 3 aliphatic rings. The number of anilines is 6. The second-order valence-corrected chi connectivity index (χ2v) is 25.1. The van der Waals surface area contributed by atoms with E-state index in [0.29, 0.717) is 0 Å². The molecule has 362 valence electrons. The van der Waals surface area contributed by atoms with Crippen LogP contribution in [0, 0.1) is 0 Å². The Hall–Kier alpha value is -6.58. The Morgan fingerprint density at radius 1 is 0.431 bits per heavy atom. The molecule has 0 radical (unpaired) electrons. The van der Waals surface area contributed by atoms with Gasteiger partial charge in [0.1, 0.15) is 0 Å². The van der Waals surface area contributed by atoms with Gasteiger partial charge in [-0.3, -0.25) is 0 Å². The van der Waals surface area contributed by atoms with Crippen LogP contribution in [-0.4, -0.2) is 6.71 Å². The minimum absolute atomic E-state index is 0.00768. The van der Waals surface area contributed by atoms with E-state index in [1.54, 1.807) is 0 Å². The van der Waals surface area contributed by atoms with E-state index in [1.165, 1.54) is 106 Å². The fraction of sp³-hybridized carbons (Fsp3) is 0.304. The SMILES string of the molecule is CC(C)c1cc2c3c(c1)N(c1ccc(C(C)(C)C)cc1-c1ccccc1)c1cc4c(cc1B3c1ccc(C(C)(C)c3ccccc3)cc1N2c1cccc(C(C)(C)c2ccccc2)c1)C(C)(C)CCC4(C)C. The van der Waals surface area contributed by atoms with Gasteiger partial charge in [0.15, 0.2) is 0 Å². The fourth-order valence-corrected chi connectivity index (χ4v) is 12.5. The van der Waals surface area contributed by atoms with Crippen molar-refractivity contribution in [1.29, 1.82) is 0 Å². The van der Waals surface area contributed by atoms with Crippen LogP contribution in [0.1, 0.15) is 153 Å². The lowest BCUT2D eigenvalue weighted by Gasteiger charge is -2.48. The molecule has 0 fully saturated rings.